The van der Waals surface area contributed by atoms with Crippen molar-refractivity contribution < 1.29 is 0 Å². The van der Waals surface area contributed by atoms with Gasteiger partial charge in [-0.15, -0.1) is 0 Å². The molecule has 0 spiro atoms. The van der Waals surface area contributed by atoms with Gasteiger partial charge in [-0.25, -0.2) is 0 Å². The van der Waals surface area contributed by atoms with Crippen LogP contribution in [0.3, 0.4) is 0 Å². The Morgan fingerprint density at radius 3 is 2.22 bits per heavy atom. The molecule has 0 radical (unpaired) electrons. The van der Waals surface area contributed by atoms with Gasteiger partial charge in [-0.2, -0.15) is 0 Å². The lowest BCUT2D eigenvalue weighted by Crippen LogP contribution is -2.13. The molecule has 1 aliphatic rings. The van der Waals surface area contributed by atoms with Gasteiger partial charge in [-0.05, 0) is 24.2 Å². The van der Waals surface area contributed by atoms with Crippen molar-refractivity contribution in [3.63, 3.8) is 0 Å². The van der Waals surface area contributed by atoms with Crippen molar-refractivity contribution in [2.24, 2.45) is 17.8 Å². The topological polar surface area (TPSA) is 0 Å². The van der Waals surface area contributed by atoms with Crippen molar-refractivity contribution in [3.8, 4) is 0 Å². The molecule has 0 heteroatoms. The molecule has 0 aromatic carbocycles. The summed E-state index contributed by atoms with van der Waals surface area (Å²) in [6.45, 7) is 6.93. The third-order valence-corrected chi connectivity index (χ3v) is 2.38. The van der Waals surface area contributed by atoms with Gasteiger partial charge >= 0.3 is 0 Å². The van der Waals surface area contributed by atoms with E-state index < -0.39 is 0 Å². The first-order chi connectivity index (χ1) is 4.20. The van der Waals surface area contributed by atoms with Gasteiger partial charge in [-0.1, -0.05) is 32.9 Å². The van der Waals surface area contributed by atoms with E-state index in [2.05, 4.69) is 32.9 Å². The first kappa shape index (κ1) is 6.85. The lowest BCUT2D eigenvalue weighted by atomic mass is 9.82. The number of allylic oxidation sites excluding steroid dienone is 2. The van der Waals surface area contributed by atoms with Crippen LogP contribution in [0.5, 0.6) is 0 Å². The van der Waals surface area contributed by atoms with E-state index in [4.69, 9.17) is 0 Å². The number of hydrogen-bond acceptors (Lipinski definition) is 0. The summed E-state index contributed by atoms with van der Waals surface area (Å²) in [6.07, 6.45) is 6.06. The smallest absolute Gasteiger partial charge is 0.0236 e. The molecule has 0 aromatic rings. The highest BCUT2D eigenvalue weighted by atomic mass is 14.2. The monoisotopic (exact) mass is 124 g/mol. The van der Waals surface area contributed by atoms with Crippen LogP contribution in [0, 0.1) is 17.8 Å². The second kappa shape index (κ2) is 2.55. The van der Waals surface area contributed by atoms with Crippen molar-refractivity contribution in [2.45, 2.75) is 27.2 Å². The summed E-state index contributed by atoms with van der Waals surface area (Å²) in [5, 5.41) is 0. The average molecular weight is 124 g/mol. The normalized spacial score (nSPS) is 43.2. The molecular weight excluding hydrogens is 108 g/mol. The van der Waals surface area contributed by atoms with Gasteiger partial charge in [0.2, 0.25) is 0 Å². The molecule has 3 atom stereocenters. The Kier molecular flexibility index (Phi) is 1.94. The molecule has 0 nitrogen and oxygen atoms in total. The van der Waals surface area contributed by atoms with Crippen molar-refractivity contribution in [1.29, 1.82) is 0 Å². The summed E-state index contributed by atoms with van der Waals surface area (Å²) in [4.78, 5) is 0. The van der Waals surface area contributed by atoms with E-state index in [9.17, 15) is 0 Å². The van der Waals surface area contributed by atoms with Crippen LogP contribution in [0.1, 0.15) is 27.2 Å². The van der Waals surface area contributed by atoms with Crippen LogP contribution in [0.25, 0.3) is 0 Å². The van der Waals surface area contributed by atoms with Gasteiger partial charge < -0.3 is 0 Å². The fourth-order valence-corrected chi connectivity index (χ4v) is 1.43. The SMILES string of the molecule is CC1C=C[C@@H](C)CC1C. The maximum Gasteiger partial charge on any atom is -0.0236 e. The molecule has 0 bridgehead atoms. The summed E-state index contributed by atoms with van der Waals surface area (Å²) in [5.41, 5.74) is 0. The van der Waals surface area contributed by atoms with Crippen molar-refractivity contribution in [3.05, 3.63) is 12.2 Å². The molecule has 52 valence electrons. The maximum absolute atomic E-state index is 2.35. The Morgan fingerprint density at radius 2 is 1.78 bits per heavy atom. The molecule has 0 aliphatic heterocycles. The molecule has 2 unspecified atom stereocenters. The lowest BCUT2D eigenvalue weighted by Gasteiger charge is -2.24. The van der Waals surface area contributed by atoms with E-state index in [1.54, 1.807) is 0 Å². The van der Waals surface area contributed by atoms with Crippen molar-refractivity contribution in [1.82, 2.24) is 0 Å². The van der Waals surface area contributed by atoms with Gasteiger partial charge in [0.1, 0.15) is 0 Å². The highest BCUT2D eigenvalue weighted by Crippen LogP contribution is 2.26. The minimum atomic E-state index is 0.807. The van der Waals surface area contributed by atoms with Gasteiger partial charge in [0, 0.05) is 0 Å². The van der Waals surface area contributed by atoms with Crippen LogP contribution in [0.4, 0.5) is 0 Å². The average Bonchev–Trinajstić information content (AvgIpc) is 1.80. The quantitative estimate of drug-likeness (QED) is 0.435. The molecule has 0 amide bonds. The van der Waals surface area contributed by atoms with Crippen LogP contribution in [0.15, 0.2) is 12.2 Å². The highest BCUT2D eigenvalue weighted by molar-refractivity contribution is 4.97. The Balaban J connectivity index is 2.54. The fourth-order valence-electron chi connectivity index (χ4n) is 1.43. The largest absolute Gasteiger partial charge is 0.0854 e. The summed E-state index contributed by atoms with van der Waals surface area (Å²) < 4.78 is 0. The second-order valence-electron chi connectivity index (χ2n) is 3.43. The Hall–Kier alpha value is -0.260. The lowest BCUT2D eigenvalue weighted by molar-refractivity contribution is 0.364. The molecule has 0 N–H and O–H groups in total. The predicted octanol–water partition coefficient (Wildman–Crippen LogP) is 2.85. The molecule has 1 rings (SSSR count). The van der Waals surface area contributed by atoms with E-state index >= 15 is 0 Å². The zero-order valence-electron chi connectivity index (χ0n) is 6.59. The minimum Gasteiger partial charge on any atom is -0.0854 e. The molecule has 0 saturated heterocycles. The number of hydrogen-bond donors (Lipinski definition) is 0. The third-order valence-electron chi connectivity index (χ3n) is 2.38. The predicted molar refractivity (Wildman–Crippen MR) is 41.2 cm³/mol. The molecule has 0 saturated carbocycles. The van der Waals surface area contributed by atoms with Crippen LogP contribution in [0.2, 0.25) is 0 Å². The summed E-state index contributed by atoms with van der Waals surface area (Å²) >= 11 is 0. The first-order valence-corrected chi connectivity index (χ1v) is 3.88. The van der Waals surface area contributed by atoms with Crippen LogP contribution >= 0.6 is 0 Å². The highest BCUT2D eigenvalue weighted by Gasteiger charge is 2.15. The van der Waals surface area contributed by atoms with E-state index in [0.29, 0.717) is 0 Å². The summed E-state index contributed by atoms with van der Waals surface area (Å²) in [7, 11) is 0. The maximum atomic E-state index is 2.35. The third kappa shape index (κ3) is 1.57. The Labute approximate surface area is 58.0 Å². The fraction of sp³-hybridized carbons (Fsp3) is 0.778. The molecular formula is C9H16. The molecule has 0 aromatic heterocycles. The summed E-state index contributed by atoms with van der Waals surface area (Å²) in [5.74, 6) is 2.52. The van der Waals surface area contributed by atoms with Crippen molar-refractivity contribution >= 4 is 0 Å². The standard InChI is InChI=1S/C9H16/c1-7-4-5-8(2)9(3)6-7/h4-5,7-9H,6H2,1-3H3/t7-,8?,9?/m1/s1. The van der Waals surface area contributed by atoms with Crippen LogP contribution < -0.4 is 0 Å². The van der Waals surface area contributed by atoms with Crippen molar-refractivity contribution in [2.75, 3.05) is 0 Å². The van der Waals surface area contributed by atoms with Crippen LogP contribution in [-0.2, 0) is 0 Å². The zero-order valence-corrected chi connectivity index (χ0v) is 6.59. The number of rotatable bonds is 0. The van der Waals surface area contributed by atoms with E-state index in [1.165, 1.54) is 6.42 Å². The van der Waals surface area contributed by atoms with Crippen LogP contribution in [-0.4, -0.2) is 0 Å². The molecule has 0 heterocycles. The summed E-state index contributed by atoms with van der Waals surface area (Å²) in [6, 6.07) is 0. The van der Waals surface area contributed by atoms with Gasteiger partial charge in [0.25, 0.3) is 0 Å². The Bertz CT molecular complexity index is 113. The molecule has 9 heavy (non-hydrogen) atoms. The van der Waals surface area contributed by atoms with E-state index in [0.717, 1.165) is 17.8 Å². The van der Waals surface area contributed by atoms with Gasteiger partial charge in [-0.3, -0.25) is 0 Å². The van der Waals surface area contributed by atoms with E-state index in [-0.39, 0.29) is 0 Å². The van der Waals surface area contributed by atoms with E-state index in [1.807, 2.05) is 0 Å². The second-order valence-corrected chi connectivity index (χ2v) is 3.43. The minimum absolute atomic E-state index is 0.807. The zero-order chi connectivity index (χ0) is 6.85. The van der Waals surface area contributed by atoms with Gasteiger partial charge in [0.05, 0.1) is 0 Å². The molecule has 1 aliphatic carbocycles. The first-order valence-electron chi connectivity index (χ1n) is 3.88. The molecule has 0 fully saturated rings. The van der Waals surface area contributed by atoms with Gasteiger partial charge in [0.15, 0.2) is 0 Å². The Morgan fingerprint density at radius 1 is 1.11 bits per heavy atom.